The molecule has 1 aliphatic rings. The van der Waals surface area contributed by atoms with Crippen molar-refractivity contribution in [2.75, 3.05) is 5.32 Å². The van der Waals surface area contributed by atoms with Gasteiger partial charge in [-0.2, -0.15) is 0 Å². The average Bonchev–Trinajstić information content (AvgIpc) is 2.73. The van der Waals surface area contributed by atoms with E-state index < -0.39 is 6.29 Å². The Bertz CT molecular complexity index is 694. The van der Waals surface area contributed by atoms with Crippen molar-refractivity contribution in [1.82, 2.24) is 0 Å². The molecule has 1 heterocycles. The Balaban J connectivity index is 1.74. The fraction of sp³-hybridized carbons (Fsp3) is 0.143. The van der Waals surface area contributed by atoms with Crippen molar-refractivity contribution in [3.63, 3.8) is 0 Å². The number of fused-ring (bicyclic) bond motifs is 1. The van der Waals surface area contributed by atoms with E-state index in [0.29, 0.717) is 22.3 Å². The minimum Gasteiger partial charge on any atom is -0.506 e. The van der Waals surface area contributed by atoms with Crippen molar-refractivity contribution in [2.45, 2.75) is 12.8 Å². The summed E-state index contributed by atoms with van der Waals surface area (Å²) < 4.78 is 35.1. The van der Waals surface area contributed by atoms with Gasteiger partial charge in [0.15, 0.2) is 11.5 Å². The van der Waals surface area contributed by atoms with E-state index in [2.05, 4.69) is 30.7 Å². The molecule has 0 aliphatic carbocycles. The summed E-state index contributed by atoms with van der Waals surface area (Å²) in [4.78, 5) is 0. The number of ether oxygens (including phenoxy) is 2. The molecule has 2 N–H and O–H groups in total. The van der Waals surface area contributed by atoms with Crippen LogP contribution in [-0.4, -0.2) is 11.4 Å². The van der Waals surface area contributed by atoms with Crippen LogP contribution in [0.3, 0.4) is 0 Å². The molecular weight excluding hydrogens is 348 g/mol. The molecule has 0 spiro atoms. The maximum atomic E-state index is 12.9. The van der Waals surface area contributed by atoms with Crippen LogP contribution in [0.1, 0.15) is 5.56 Å². The van der Waals surface area contributed by atoms with Gasteiger partial charge < -0.3 is 19.9 Å². The van der Waals surface area contributed by atoms with Gasteiger partial charge >= 0.3 is 6.29 Å². The SMILES string of the molecule is Oc1c(Br)cccc1CNc1ccc2c(c1)OC(F)(F)O2. The van der Waals surface area contributed by atoms with Crippen LogP contribution in [0.4, 0.5) is 14.5 Å². The number of hydrogen-bond acceptors (Lipinski definition) is 4. The second kappa shape index (κ2) is 5.07. The lowest BCUT2D eigenvalue weighted by atomic mass is 10.2. The van der Waals surface area contributed by atoms with Gasteiger partial charge in [0.25, 0.3) is 0 Å². The van der Waals surface area contributed by atoms with E-state index in [0.717, 1.165) is 0 Å². The molecule has 21 heavy (non-hydrogen) atoms. The van der Waals surface area contributed by atoms with Gasteiger partial charge in [0.2, 0.25) is 0 Å². The van der Waals surface area contributed by atoms with Crippen LogP contribution in [0.2, 0.25) is 0 Å². The zero-order valence-corrected chi connectivity index (χ0v) is 12.2. The number of anilines is 1. The molecule has 0 fully saturated rings. The van der Waals surface area contributed by atoms with E-state index >= 15 is 0 Å². The molecule has 0 saturated carbocycles. The summed E-state index contributed by atoms with van der Waals surface area (Å²) in [5, 5.41) is 12.9. The number of halogens is 3. The molecule has 0 amide bonds. The van der Waals surface area contributed by atoms with Gasteiger partial charge in [0.1, 0.15) is 5.75 Å². The Morgan fingerprint density at radius 2 is 1.90 bits per heavy atom. The van der Waals surface area contributed by atoms with Crippen LogP contribution in [0.25, 0.3) is 0 Å². The molecule has 3 rings (SSSR count). The van der Waals surface area contributed by atoms with Crippen molar-refractivity contribution in [3.05, 3.63) is 46.4 Å². The molecule has 0 saturated heterocycles. The predicted molar refractivity (Wildman–Crippen MR) is 75.8 cm³/mol. The van der Waals surface area contributed by atoms with Gasteiger partial charge in [-0.1, -0.05) is 12.1 Å². The molecule has 0 aromatic heterocycles. The van der Waals surface area contributed by atoms with Gasteiger partial charge in [-0.05, 0) is 34.1 Å². The topological polar surface area (TPSA) is 50.7 Å². The third-order valence-corrected chi connectivity index (χ3v) is 3.59. The van der Waals surface area contributed by atoms with Crippen molar-refractivity contribution < 1.29 is 23.4 Å². The summed E-state index contributed by atoms with van der Waals surface area (Å²) in [5.74, 6) is 0.108. The maximum absolute atomic E-state index is 12.9. The standard InChI is InChI=1S/C14H10BrF2NO3/c15-10-3-1-2-8(13(10)19)7-18-9-4-5-11-12(6-9)21-14(16,17)20-11/h1-6,18-19H,7H2. The fourth-order valence-corrected chi connectivity index (χ4v) is 2.37. The van der Waals surface area contributed by atoms with Crippen LogP contribution < -0.4 is 14.8 Å². The molecule has 0 bridgehead atoms. The Morgan fingerprint density at radius 3 is 2.71 bits per heavy atom. The Kier molecular flexibility index (Phi) is 3.36. The molecule has 4 nitrogen and oxygen atoms in total. The maximum Gasteiger partial charge on any atom is 0.586 e. The molecular formula is C14H10BrF2NO3. The van der Waals surface area contributed by atoms with Crippen molar-refractivity contribution in [3.8, 4) is 17.2 Å². The highest BCUT2D eigenvalue weighted by atomic mass is 79.9. The fourth-order valence-electron chi connectivity index (χ4n) is 1.96. The first-order valence-electron chi connectivity index (χ1n) is 6.05. The molecule has 2 aromatic rings. The number of nitrogens with one attached hydrogen (secondary N) is 1. The van der Waals surface area contributed by atoms with E-state index in [1.165, 1.54) is 12.1 Å². The molecule has 0 unspecified atom stereocenters. The van der Waals surface area contributed by atoms with Crippen molar-refractivity contribution in [2.24, 2.45) is 0 Å². The minimum atomic E-state index is -3.62. The van der Waals surface area contributed by atoms with Crippen molar-refractivity contribution in [1.29, 1.82) is 0 Å². The number of benzene rings is 2. The van der Waals surface area contributed by atoms with Crippen LogP contribution in [0.15, 0.2) is 40.9 Å². The first-order valence-corrected chi connectivity index (χ1v) is 6.84. The Hall–Kier alpha value is -2.02. The zero-order valence-electron chi connectivity index (χ0n) is 10.6. The van der Waals surface area contributed by atoms with E-state index in [4.69, 9.17) is 0 Å². The summed E-state index contributed by atoms with van der Waals surface area (Å²) in [5.41, 5.74) is 1.25. The van der Waals surface area contributed by atoms with Crippen molar-refractivity contribution >= 4 is 21.6 Å². The summed E-state index contributed by atoms with van der Waals surface area (Å²) in [6.07, 6.45) is -3.62. The molecule has 1 aliphatic heterocycles. The lowest BCUT2D eigenvalue weighted by Crippen LogP contribution is -2.25. The van der Waals surface area contributed by atoms with E-state index in [-0.39, 0.29) is 17.2 Å². The van der Waals surface area contributed by atoms with Gasteiger partial charge in [-0.15, -0.1) is 8.78 Å². The van der Waals surface area contributed by atoms with Gasteiger partial charge in [-0.25, -0.2) is 0 Å². The Morgan fingerprint density at radius 1 is 1.14 bits per heavy atom. The second-order valence-corrected chi connectivity index (χ2v) is 5.28. The van der Waals surface area contributed by atoms with Gasteiger partial charge in [0.05, 0.1) is 4.47 Å². The smallest absolute Gasteiger partial charge is 0.506 e. The third-order valence-electron chi connectivity index (χ3n) is 2.95. The third kappa shape index (κ3) is 2.87. The highest BCUT2D eigenvalue weighted by Gasteiger charge is 2.43. The number of alkyl halides is 2. The van der Waals surface area contributed by atoms with Crippen LogP contribution in [0.5, 0.6) is 17.2 Å². The molecule has 110 valence electrons. The number of aromatic hydroxyl groups is 1. The normalized spacial score (nSPS) is 15.0. The largest absolute Gasteiger partial charge is 0.586 e. The zero-order chi connectivity index (χ0) is 15.0. The monoisotopic (exact) mass is 357 g/mol. The predicted octanol–water partition coefficient (Wildman–Crippen LogP) is 4.09. The summed E-state index contributed by atoms with van der Waals surface area (Å²) in [6.45, 7) is 0.335. The lowest BCUT2D eigenvalue weighted by Gasteiger charge is -2.09. The highest BCUT2D eigenvalue weighted by Crippen LogP contribution is 2.42. The molecule has 0 radical (unpaired) electrons. The van der Waals surface area contributed by atoms with Crippen LogP contribution >= 0.6 is 15.9 Å². The Labute approximate surface area is 127 Å². The number of phenolic OH excluding ortho intramolecular Hbond substituents is 1. The molecule has 7 heteroatoms. The molecule has 0 atom stereocenters. The summed E-state index contributed by atoms with van der Waals surface area (Å²) in [6, 6.07) is 9.69. The lowest BCUT2D eigenvalue weighted by molar-refractivity contribution is -0.286. The van der Waals surface area contributed by atoms with E-state index in [1.54, 1.807) is 24.3 Å². The van der Waals surface area contributed by atoms with Crippen LogP contribution in [0, 0.1) is 0 Å². The number of rotatable bonds is 3. The number of para-hydroxylation sites is 1. The first-order chi connectivity index (χ1) is 9.94. The number of hydrogen-bond donors (Lipinski definition) is 2. The summed E-state index contributed by atoms with van der Waals surface area (Å²) >= 11 is 3.23. The number of phenols is 1. The summed E-state index contributed by atoms with van der Waals surface area (Å²) in [7, 11) is 0. The minimum absolute atomic E-state index is 0.00384. The van der Waals surface area contributed by atoms with E-state index in [9.17, 15) is 13.9 Å². The first kappa shape index (κ1) is 13.9. The highest BCUT2D eigenvalue weighted by molar-refractivity contribution is 9.10. The molecule has 2 aromatic carbocycles. The van der Waals surface area contributed by atoms with Crippen LogP contribution in [-0.2, 0) is 6.54 Å². The average molecular weight is 358 g/mol. The van der Waals surface area contributed by atoms with Gasteiger partial charge in [0, 0.05) is 23.9 Å². The van der Waals surface area contributed by atoms with Gasteiger partial charge in [-0.3, -0.25) is 0 Å². The second-order valence-electron chi connectivity index (χ2n) is 4.43. The quantitative estimate of drug-likeness (QED) is 0.868. The van der Waals surface area contributed by atoms with E-state index in [1.807, 2.05) is 0 Å².